The largest absolute Gasteiger partial charge is 0.496 e. The number of benzene rings is 1. The summed E-state index contributed by atoms with van der Waals surface area (Å²) in [5.74, 6) is 6.47. The summed E-state index contributed by atoms with van der Waals surface area (Å²) in [5.41, 5.74) is 5.26. The first kappa shape index (κ1) is 12.1. The van der Waals surface area contributed by atoms with Gasteiger partial charge in [0, 0.05) is 0 Å². The van der Waals surface area contributed by atoms with Gasteiger partial charge in [-0.25, -0.2) is 10.4 Å². The molecular formula is C14H16N4O. The summed E-state index contributed by atoms with van der Waals surface area (Å²) in [6.45, 7) is 0.727. The van der Waals surface area contributed by atoms with Crippen molar-refractivity contribution in [1.29, 1.82) is 0 Å². The number of hydrogen-bond acceptors (Lipinski definition) is 5. The summed E-state index contributed by atoms with van der Waals surface area (Å²) in [7, 11) is 0. The second-order valence-corrected chi connectivity index (χ2v) is 4.48. The molecule has 0 bridgehead atoms. The Morgan fingerprint density at radius 3 is 2.84 bits per heavy atom. The maximum atomic E-state index is 5.65. The summed E-state index contributed by atoms with van der Waals surface area (Å²) in [4.78, 5) is 9.00. The monoisotopic (exact) mass is 256 g/mol. The zero-order chi connectivity index (χ0) is 13.1. The highest BCUT2D eigenvalue weighted by Crippen LogP contribution is 2.24. The maximum absolute atomic E-state index is 5.65. The van der Waals surface area contributed by atoms with Crippen LogP contribution in [0.15, 0.2) is 42.3 Å². The summed E-state index contributed by atoms with van der Waals surface area (Å²) < 4.78 is 5.65. The number of hydrazine groups is 1. The molecule has 5 nitrogen and oxygen atoms in total. The maximum Gasteiger partial charge on any atom is 0.122 e. The van der Waals surface area contributed by atoms with Crippen LogP contribution in [0.5, 0.6) is 0 Å². The van der Waals surface area contributed by atoms with Crippen molar-refractivity contribution in [3.63, 3.8) is 0 Å². The van der Waals surface area contributed by atoms with E-state index in [0.29, 0.717) is 0 Å². The first-order chi connectivity index (χ1) is 9.38. The minimum atomic E-state index is -0.239. The van der Waals surface area contributed by atoms with Gasteiger partial charge in [-0.05, 0) is 31.1 Å². The molecule has 98 valence electrons. The third kappa shape index (κ3) is 2.43. The molecule has 2 aromatic rings. The number of para-hydroxylation sites is 2. The second-order valence-electron chi connectivity index (χ2n) is 4.48. The molecule has 0 spiro atoms. The van der Waals surface area contributed by atoms with Gasteiger partial charge in [0.05, 0.1) is 29.5 Å². The Labute approximate surface area is 111 Å². The van der Waals surface area contributed by atoms with E-state index in [9.17, 15) is 0 Å². The summed E-state index contributed by atoms with van der Waals surface area (Å²) in [6, 6.07) is 7.53. The van der Waals surface area contributed by atoms with Crippen LogP contribution >= 0.6 is 0 Å². The SMILES string of the molecule is NNC(C1=CCCCO1)c1cnc2ccccc2n1. The Hall–Kier alpha value is -1.98. The van der Waals surface area contributed by atoms with Crippen molar-refractivity contribution >= 4 is 11.0 Å². The molecular weight excluding hydrogens is 240 g/mol. The van der Waals surface area contributed by atoms with Crippen LogP contribution in [0.3, 0.4) is 0 Å². The van der Waals surface area contributed by atoms with Crippen molar-refractivity contribution in [3.05, 3.63) is 48.0 Å². The van der Waals surface area contributed by atoms with Crippen LogP contribution in [0, 0.1) is 0 Å². The third-order valence-electron chi connectivity index (χ3n) is 3.18. The molecule has 19 heavy (non-hydrogen) atoms. The Balaban J connectivity index is 1.98. The highest BCUT2D eigenvalue weighted by molar-refractivity contribution is 5.73. The summed E-state index contributed by atoms with van der Waals surface area (Å²) in [6.07, 6.45) is 5.86. The van der Waals surface area contributed by atoms with Gasteiger partial charge in [0.2, 0.25) is 0 Å². The number of aromatic nitrogens is 2. The van der Waals surface area contributed by atoms with Gasteiger partial charge in [0.25, 0.3) is 0 Å². The molecule has 0 aliphatic carbocycles. The number of nitrogens with one attached hydrogen (secondary N) is 1. The van der Waals surface area contributed by atoms with Gasteiger partial charge in [0.1, 0.15) is 11.8 Å². The highest BCUT2D eigenvalue weighted by atomic mass is 16.5. The van der Waals surface area contributed by atoms with Crippen molar-refractivity contribution in [2.45, 2.75) is 18.9 Å². The standard InChI is InChI=1S/C14H16N4O/c15-18-14(13-7-3-4-8-19-13)12-9-16-10-5-1-2-6-11(10)17-12/h1-2,5-7,9,14,18H,3-4,8,15H2. The fraction of sp³-hybridized carbons (Fsp3) is 0.286. The van der Waals surface area contributed by atoms with Gasteiger partial charge in [0.15, 0.2) is 0 Å². The van der Waals surface area contributed by atoms with E-state index < -0.39 is 0 Å². The quantitative estimate of drug-likeness (QED) is 0.647. The van der Waals surface area contributed by atoms with Gasteiger partial charge in [-0.2, -0.15) is 0 Å². The Morgan fingerprint density at radius 1 is 1.26 bits per heavy atom. The highest BCUT2D eigenvalue weighted by Gasteiger charge is 2.20. The van der Waals surface area contributed by atoms with Crippen molar-refractivity contribution in [1.82, 2.24) is 15.4 Å². The number of rotatable bonds is 3. The van der Waals surface area contributed by atoms with E-state index in [1.165, 1.54) is 0 Å². The Kier molecular flexibility index (Phi) is 3.39. The molecule has 1 atom stereocenters. The molecule has 1 unspecified atom stereocenters. The molecule has 0 saturated carbocycles. The third-order valence-corrected chi connectivity index (χ3v) is 3.18. The first-order valence-corrected chi connectivity index (χ1v) is 6.39. The smallest absolute Gasteiger partial charge is 0.122 e. The predicted octanol–water partition coefficient (Wildman–Crippen LogP) is 1.83. The van der Waals surface area contributed by atoms with Crippen molar-refractivity contribution in [2.24, 2.45) is 5.84 Å². The lowest BCUT2D eigenvalue weighted by molar-refractivity contribution is 0.167. The lowest BCUT2D eigenvalue weighted by atomic mass is 10.1. The number of nitrogens with two attached hydrogens (primary N) is 1. The molecule has 1 aromatic heterocycles. The number of nitrogens with zero attached hydrogens (tertiary/aromatic N) is 2. The van der Waals surface area contributed by atoms with E-state index in [0.717, 1.165) is 41.9 Å². The van der Waals surface area contributed by atoms with Gasteiger partial charge < -0.3 is 4.74 Å². The van der Waals surface area contributed by atoms with E-state index in [1.807, 2.05) is 24.3 Å². The van der Waals surface area contributed by atoms with E-state index in [4.69, 9.17) is 10.6 Å². The fourth-order valence-electron chi connectivity index (χ4n) is 2.20. The van der Waals surface area contributed by atoms with Crippen LogP contribution in [-0.2, 0) is 4.74 Å². The average Bonchev–Trinajstić information content (AvgIpc) is 2.49. The molecule has 0 amide bonds. The van der Waals surface area contributed by atoms with Gasteiger partial charge in [-0.1, -0.05) is 12.1 Å². The number of ether oxygens (including phenoxy) is 1. The van der Waals surface area contributed by atoms with Crippen LogP contribution in [-0.4, -0.2) is 16.6 Å². The van der Waals surface area contributed by atoms with Crippen LogP contribution in [0.2, 0.25) is 0 Å². The van der Waals surface area contributed by atoms with Crippen LogP contribution in [0.4, 0.5) is 0 Å². The number of hydrogen-bond donors (Lipinski definition) is 2. The van der Waals surface area contributed by atoms with Gasteiger partial charge in [-0.3, -0.25) is 10.8 Å². The van der Waals surface area contributed by atoms with Crippen molar-refractivity contribution < 1.29 is 4.74 Å². The number of allylic oxidation sites excluding steroid dienone is 1. The fourth-order valence-corrected chi connectivity index (χ4v) is 2.20. The predicted molar refractivity (Wildman–Crippen MR) is 72.9 cm³/mol. The molecule has 1 aliphatic rings. The van der Waals surface area contributed by atoms with Crippen LogP contribution in [0.1, 0.15) is 24.6 Å². The van der Waals surface area contributed by atoms with E-state index >= 15 is 0 Å². The summed E-state index contributed by atoms with van der Waals surface area (Å²) >= 11 is 0. The minimum absolute atomic E-state index is 0.239. The van der Waals surface area contributed by atoms with Gasteiger partial charge >= 0.3 is 0 Å². The van der Waals surface area contributed by atoms with Crippen LogP contribution < -0.4 is 11.3 Å². The molecule has 0 saturated heterocycles. The lowest BCUT2D eigenvalue weighted by Gasteiger charge is -2.22. The van der Waals surface area contributed by atoms with E-state index in [2.05, 4.69) is 21.5 Å². The molecule has 0 radical (unpaired) electrons. The molecule has 1 aromatic carbocycles. The van der Waals surface area contributed by atoms with E-state index in [1.54, 1.807) is 6.20 Å². The molecule has 3 rings (SSSR count). The second kappa shape index (κ2) is 5.34. The molecule has 0 fully saturated rings. The first-order valence-electron chi connectivity index (χ1n) is 6.39. The lowest BCUT2D eigenvalue weighted by Crippen LogP contribution is -2.31. The zero-order valence-corrected chi connectivity index (χ0v) is 10.5. The number of fused-ring (bicyclic) bond motifs is 1. The van der Waals surface area contributed by atoms with Crippen LogP contribution in [0.25, 0.3) is 11.0 Å². The topological polar surface area (TPSA) is 73.1 Å². The van der Waals surface area contributed by atoms with Crippen molar-refractivity contribution in [3.8, 4) is 0 Å². The average molecular weight is 256 g/mol. The van der Waals surface area contributed by atoms with Gasteiger partial charge in [-0.15, -0.1) is 0 Å². The van der Waals surface area contributed by atoms with E-state index in [-0.39, 0.29) is 6.04 Å². The molecule has 2 heterocycles. The molecule has 1 aliphatic heterocycles. The molecule has 3 N–H and O–H groups in total. The summed E-state index contributed by atoms with van der Waals surface area (Å²) in [5, 5.41) is 0. The Bertz CT molecular complexity index is 611. The Morgan fingerprint density at radius 2 is 2.11 bits per heavy atom. The zero-order valence-electron chi connectivity index (χ0n) is 10.5. The minimum Gasteiger partial charge on any atom is -0.496 e. The normalized spacial score (nSPS) is 16.8. The van der Waals surface area contributed by atoms with Crippen molar-refractivity contribution in [2.75, 3.05) is 6.61 Å². The molecule has 5 heteroatoms.